The second-order valence-corrected chi connectivity index (χ2v) is 6.67. The molecular weight excluding hydrogens is 264 g/mol. The van der Waals surface area contributed by atoms with E-state index in [1.54, 1.807) is 0 Å². The Balaban J connectivity index is 2.08. The van der Waals surface area contributed by atoms with Gasteiger partial charge in [0.2, 0.25) is 0 Å². The van der Waals surface area contributed by atoms with Crippen molar-refractivity contribution < 1.29 is 0 Å². The van der Waals surface area contributed by atoms with E-state index in [4.69, 9.17) is 5.26 Å². The maximum atomic E-state index is 8.83. The number of nitrogens with one attached hydrogen (secondary N) is 1. The van der Waals surface area contributed by atoms with Gasteiger partial charge >= 0.3 is 0 Å². The molecule has 0 radical (unpaired) electrons. The van der Waals surface area contributed by atoms with E-state index in [0.29, 0.717) is 11.6 Å². The first-order chi connectivity index (χ1) is 9.51. The molecule has 2 atom stereocenters. The average Bonchev–Trinajstić information content (AvgIpc) is 2.78. The van der Waals surface area contributed by atoms with E-state index in [1.807, 2.05) is 35.6 Å². The van der Waals surface area contributed by atoms with Crippen LogP contribution in [0.1, 0.15) is 52.4 Å². The molecule has 0 saturated heterocycles. The van der Waals surface area contributed by atoms with Crippen molar-refractivity contribution in [2.45, 2.75) is 39.8 Å². The first-order valence-electron chi connectivity index (χ1n) is 6.84. The summed E-state index contributed by atoms with van der Waals surface area (Å²) >= 11 is 1.85. The van der Waals surface area contributed by atoms with Crippen molar-refractivity contribution >= 4 is 11.3 Å². The molecule has 2 nitrogen and oxygen atoms in total. The summed E-state index contributed by atoms with van der Waals surface area (Å²) in [5.74, 6) is 0. The van der Waals surface area contributed by atoms with Crippen LogP contribution < -0.4 is 5.32 Å². The molecule has 2 unspecified atom stereocenters. The molecule has 2 aromatic rings. The second kappa shape index (κ2) is 6.21. The molecule has 104 valence electrons. The minimum atomic E-state index is 0.261. The molecule has 1 heterocycles. The molecular formula is C17H20N2S. The van der Waals surface area contributed by atoms with Gasteiger partial charge in [-0.3, -0.25) is 0 Å². The third-order valence-electron chi connectivity index (χ3n) is 3.59. The molecule has 1 aromatic carbocycles. The summed E-state index contributed by atoms with van der Waals surface area (Å²) in [5.41, 5.74) is 3.30. The highest BCUT2D eigenvalue weighted by atomic mass is 32.1. The molecule has 0 bridgehead atoms. The van der Waals surface area contributed by atoms with Crippen molar-refractivity contribution in [2.24, 2.45) is 0 Å². The molecule has 20 heavy (non-hydrogen) atoms. The van der Waals surface area contributed by atoms with Gasteiger partial charge < -0.3 is 5.32 Å². The number of hydrogen-bond acceptors (Lipinski definition) is 3. The normalized spacial score (nSPS) is 13.8. The Hall–Kier alpha value is -1.63. The summed E-state index contributed by atoms with van der Waals surface area (Å²) in [6.45, 7) is 8.69. The molecule has 0 aliphatic heterocycles. The van der Waals surface area contributed by atoms with Crippen LogP contribution in [0.3, 0.4) is 0 Å². The summed E-state index contributed by atoms with van der Waals surface area (Å²) in [7, 11) is 0. The summed E-state index contributed by atoms with van der Waals surface area (Å²) in [4.78, 5) is 2.74. The molecule has 3 heteroatoms. The van der Waals surface area contributed by atoms with E-state index >= 15 is 0 Å². The lowest BCUT2D eigenvalue weighted by Crippen LogP contribution is -2.22. The van der Waals surface area contributed by atoms with Gasteiger partial charge in [0.1, 0.15) is 0 Å². The minimum Gasteiger partial charge on any atom is -0.304 e. The number of aryl methyl sites for hydroxylation is 2. The van der Waals surface area contributed by atoms with Crippen LogP contribution in [0, 0.1) is 25.2 Å². The van der Waals surface area contributed by atoms with Crippen molar-refractivity contribution in [3.63, 3.8) is 0 Å². The highest BCUT2D eigenvalue weighted by Crippen LogP contribution is 2.28. The lowest BCUT2D eigenvalue weighted by atomic mass is 10.0. The minimum absolute atomic E-state index is 0.261. The zero-order valence-electron chi connectivity index (χ0n) is 12.4. The zero-order valence-corrected chi connectivity index (χ0v) is 13.2. The quantitative estimate of drug-likeness (QED) is 0.887. The highest BCUT2D eigenvalue weighted by molar-refractivity contribution is 7.12. The van der Waals surface area contributed by atoms with Crippen molar-refractivity contribution in [1.29, 1.82) is 5.26 Å². The van der Waals surface area contributed by atoms with Crippen LogP contribution in [-0.2, 0) is 0 Å². The van der Waals surface area contributed by atoms with Gasteiger partial charge in [0.25, 0.3) is 0 Å². The number of rotatable bonds is 4. The van der Waals surface area contributed by atoms with Crippen LogP contribution in [0.5, 0.6) is 0 Å². The van der Waals surface area contributed by atoms with Gasteiger partial charge in [-0.1, -0.05) is 12.1 Å². The van der Waals surface area contributed by atoms with Gasteiger partial charge in [-0.25, -0.2) is 0 Å². The van der Waals surface area contributed by atoms with Gasteiger partial charge in [0, 0.05) is 21.8 Å². The Morgan fingerprint density at radius 1 is 1.10 bits per heavy atom. The van der Waals surface area contributed by atoms with Crippen LogP contribution in [-0.4, -0.2) is 0 Å². The first kappa shape index (κ1) is 14.8. The summed E-state index contributed by atoms with van der Waals surface area (Å²) in [6.07, 6.45) is 0. The molecule has 1 N–H and O–H groups in total. The van der Waals surface area contributed by atoms with Gasteiger partial charge in [-0.2, -0.15) is 5.26 Å². The lowest BCUT2D eigenvalue weighted by molar-refractivity contribution is 0.494. The lowest BCUT2D eigenvalue weighted by Gasteiger charge is -2.20. The summed E-state index contributed by atoms with van der Waals surface area (Å²) in [5, 5.41) is 12.5. The van der Waals surface area contributed by atoms with Crippen molar-refractivity contribution in [3.05, 3.63) is 56.8 Å². The van der Waals surface area contributed by atoms with E-state index < -0.39 is 0 Å². The van der Waals surface area contributed by atoms with E-state index in [0.717, 1.165) is 0 Å². The number of thiophene rings is 1. The molecule has 0 aliphatic rings. The van der Waals surface area contributed by atoms with Crippen LogP contribution in [0.4, 0.5) is 0 Å². The Bertz CT molecular complexity index is 619. The molecule has 2 rings (SSSR count). The maximum Gasteiger partial charge on any atom is 0.0991 e. The fourth-order valence-electron chi connectivity index (χ4n) is 2.49. The van der Waals surface area contributed by atoms with Crippen molar-refractivity contribution in [3.8, 4) is 6.07 Å². The largest absolute Gasteiger partial charge is 0.304 e. The van der Waals surface area contributed by atoms with Gasteiger partial charge in [-0.05, 0) is 57.0 Å². The zero-order chi connectivity index (χ0) is 14.7. The number of nitriles is 1. The van der Waals surface area contributed by atoms with Crippen molar-refractivity contribution in [1.82, 2.24) is 5.32 Å². The Morgan fingerprint density at radius 2 is 1.75 bits per heavy atom. The summed E-state index contributed by atoms with van der Waals surface area (Å²) < 4.78 is 0. The Kier molecular flexibility index (Phi) is 4.59. The van der Waals surface area contributed by atoms with Crippen molar-refractivity contribution in [2.75, 3.05) is 0 Å². The topological polar surface area (TPSA) is 35.8 Å². The van der Waals surface area contributed by atoms with E-state index in [-0.39, 0.29) is 6.04 Å². The fourth-order valence-corrected chi connectivity index (χ4v) is 3.51. The third kappa shape index (κ3) is 3.27. The molecule has 0 saturated carbocycles. The molecule has 0 amide bonds. The second-order valence-electron chi connectivity index (χ2n) is 5.21. The number of hydrogen-bond donors (Lipinski definition) is 1. The Morgan fingerprint density at radius 3 is 2.25 bits per heavy atom. The smallest absolute Gasteiger partial charge is 0.0991 e. The molecule has 0 spiro atoms. The number of benzene rings is 1. The fraction of sp³-hybridized carbons (Fsp3) is 0.353. The average molecular weight is 284 g/mol. The summed E-state index contributed by atoms with van der Waals surface area (Å²) in [6, 6.07) is 12.8. The van der Waals surface area contributed by atoms with Crippen LogP contribution in [0.15, 0.2) is 30.3 Å². The van der Waals surface area contributed by atoms with Gasteiger partial charge in [0.05, 0.1) is 11.6 Å². The predicted octanol–water partition coefficient (Wildman–Crippen LogP) is 4.65. The van der Waals surface area contributed by atoms with E-state index in [2.05, 4.69) is 45.1 Å². The maximum absolute atomic E-state index is 8.83. The van der Waals surface area contributed by atoms with Crippen LogP contribution in [0.25, 0.3) is 0 Å². The number of nitrogens with zero attached hydrogens (tertiary/aromatic N) is 1. The van der Waals surface area contributed by atoms with E-state index in [1.165, 1.54) is 20.9 Å². The Labute approximate surface area is 125 Å². The monoisotopic (exact) mass is 284 g/mol. The van der Waals surface area contributed by atoms with Gasteiger partial charge in [-0.15, -0.1) is 11.3 Å². The predicted molar refractivity (Wildman–Crippen MR) is 84.9 cm³/mol. The third-order valence-corrected chi connectivity index (χ3v) is 4.57. The highest BCUT2D eigenvalue weighted by Gasteiger charge is 2.14. The first-order valence-corrected chi connectivity index (χ1v) is 7.66. The van der Waals surface area contributed by atoms with E-state index in [9.17, 15) is 0 Å². The van der Waals surface area contributed by atoms with Gasteiger partial charge in [0.15, 0.2) is 0 Å². The van der Waals surface area contributed by atoms with Crippen LogP contribution >= 0.6 is 11.3 Å². The molecule has 0 fully saturated rings. The molecule has 0 aliphatic carbocycles. The SMILES string of the molecule is Cc1cc(C(C)NC(C)c2ccc(C#N)cc2)c(C)s1. The van der Waals surface area contributed by atoms with Crippen LogP contribution in [0.2, 0.25) is 0 Å². The molecule has 1 aromatic heterocycles. The standard InChI is InChI=1S/C17H20N2S/c1-11-9-17(14(4)20-11)13(3)19-12(2)16-7-5-15(10-18)6-8-16/h5-9,12-13,19H,1-4H3.